The van der Waals surface area contributed by atoms with Gasteiger partial charge in [-0.1, -0.05) is 253 Å². The van der Waals surface area contributed by atoms with Gasteiger partial charge in [0.15, 0.2) is 0 Å². The highest BCUT2D eigenvalue weighted by Crippen LogP contribution is 2.44. The van der Waals surface area contributed by atoms with Gasteiger partial charge < -0.3 is 0 Å². The van der Waals surface area contributed by atoms with Crippen molar-refractivity contribution in [3.8, 4) is 0 Å². The molecule has 0 heteroatoms. The lowest BCUT2D eigenvalue weighted by Crippen LogP contribution is -2.21. The van der Waals surface area contributed by atoms with Crippen LogP contribution in [0, 0.1) is 34.6 Å². The summed E-state index contributed by atoms with van der Waals surface area (Å²) in [4.78, 5) is 0. The van der Waals surface area contributed by atoms with Gasteiger partial charge in [0.05, 0.1) is 0 Å². The Kier molecular flexibility index (Phi) is 15.2. The number of hydrogen-bond acceptors (Lipinski definition) is 0. The second kappa shape index (κ2) is 20.9. The normalized spacial score (nSPS) is 14.4. The van der Waals surface area contributed by atoms with Gasteiger partial charge in [-0.15, -0.1) is 0 Å². The minimum atomic E-state index is -0.260. The number of hydrogen-bond donors (Lipinski definition) is 0. The molecule has 0 aliphatic rings. The lowest BCUT2D eigenvalue weighted by Gasteiger charge is -2.32. The average molecular weight is 961 g/mol. The molecule has 0 spiro atoms. The third-order valence-corrected chi connectivity index (χ3v) is 17.8. The Morgan fingerprint density at radius 1 is 0.260 bits per heavy atom. The van der Waals surface area contributed by atoms with Crippen molar-refractivity contribution in [2.75, 3.05) is 0 Å². The first-order valence-electron chi connectivity index (χ1n) is 27.3. The van der Waals surface area contributed by atoms with Gasteiger partial charge in [-0.05, 0) is 151 Å². The van der Waals surface area contributed by atoms with Gasteiger partial charge in [-0.2, -0.15) is 0 Å². The monoisotopic (exact) mass is 961 g/mol. The van der Waals surface area contributed by atoms with Crippen molar-refractivity contribution in [3.05, 3.63) is 281 Å². The molecule has 8 aromatic carbocycles. The molecule has 0 saturated heterocycles. The molecule has 5 unspecified atom stereocenters. The molecular weight excluding hydrogens is 877 g/mol. The summed E-state index contributed by atoms with van der Waals surface area (Å²) < 4.78 is 0. The van der Waals surface area contributed by atoms with Gasteiger partial charge in [0.1, 0.15) is 0 Å². The standard InChI is InChI=1S/C73H84/c1-46-31-35-62(39-48(46)3)72(14,15)64-42-67(50(5)56-25-20-18-21-26-56)54(9)69(44-64)52(7)59-29-24-30-60(40-59)53(8)70-45-65(43-68(55(70)10)51(6)57-27-22-19-23-28-57)73(16,17)63-36-32-47(2)66(41-63)49(4)58-33-37-61(38-34-58)71(11,12)13/h18-45,49-53H,1-17H3. The summed E-state index contributed by atoms with van der Waals surface area (Å²) >= 11 is 0. The molecule has 0 fully saturated rings. The van der Waals surface area contributed by atoms with E-state index in [1.165, 1.54) is 111 Å². The zero-order valence-electron chi connectivity index (χ0n) is 47.6. The topological polar surface area (TPSA) is 0 Å². The van der Waals surface area contributed by atoms with E-state index >= 15 is 0 Å². The summed E-state index contributed by atoms with van der Waals surface area (Å²) in [5.74, 6) is 1.10. The van der Waals surface area contributed by atoms with Crippen LogP contribution in [0.1, 0.15) is 224 Å². The maximum atomic E-state index is 2.56. The van der Waals surface area contributed by atoms with Crippen LogP contribution in [0.3, 0.4) is 0 Å². The molecule has 0 N–H and O–H groups in total. The van der Waals surface area contributed by atoms with E-state index in [1.54, 1.807) is 0 Å². The molecule has 0 aromatic heterocycles. The van der Waals surface area contributed by atoms with E-state index in [9.17, 15) is 0 Å². The van der Waals surface area contributed by atoms with Crippen molar-refractivity contribution < 1.29 is 0 Å². The Labute approximate surface area is 442 Å². The number of rotatable bonds is 14. The Morgan fingerprint density at radius 3 is 1.00 bits per heavy atom. The van der Waals surface area contributed by atoms with E-state index in [0.29, 0.717) is 0 Å². The van der Waals surface area contributed by atoms with Crippen molar-refractivity contribution in [2.24, 2.45) is 0 Å². The quantitative estimate of drug-likeness (QED) is 0.102. The fraction of sp³-hybridized carbons (Fsp3) is 0.342. The molecule has 0 saturated carbocycles. The summed E-state index contributed by atoms with van der Waals surface area (Å²) in [6.45, 7) is 40.1. The van der Waals surface area contributed by atoms with Gasteiger partial charge >= 0.3 is 0 Å². The molecule has 0 aliphatic heterocycles. The van der Waals surface area contributed by atoms with E-state index in [0.717, 1.165) is 0 Å². The first-order valence-corrected chi connectivity index (χ1v) is 27.3. The zero-order chi connectivity index (χ0) is 52.7. The van der Waals surface area contributed by atoms with Gasteiger partial charge in [-0.3, -0.25) is 0 Å². The molecule has 376 valence electrons. The maximum absolute atomic E-state index is 2.56. The Hall–Kier alpha value is -6.24. The molecule has 0 nitrogen and oxygen atoms in total. The van der Waals surface area contributed by atoms with Crippen molar-refractivity contribution in [1.82, 2.24) is 0 Å². The van der Waals surface area contributed by atoms with Crippen LogP contribution in [0.25, 0.3) is 0 Å². The van der Waals surface area contributed by atoms with Gasteiger partial charge in [-0.25, -0.2) is 0 Å². The van der Waals surface area contributed by atoms with Crippen molar-refractivity contribution in [1.29, 1.82) is 0 Å². The molecule has 8 aromatic rings. The summed E-state index contributed by atoms with van der Waals surface area (Å²) in [6.07, 6.45) is 0. The van der Waals surface area contributed by atoms with E-state index in [1.807, 2.05) is 0 Å². The van der Waals surface area contributed by atoms with Gasteiger partial charge in [0.2, 0.25) is 0 Å². The summed E-state index contributed by atoms with van der Waals surface area (Å²) in [5.41, 5.74) is 27.1. The number of benzene rings is 8. The highest BCUT2D eigenvalue weighted by molar-refractivity contribution is 5.56. The third-order valence-electron chi connectivity index (χ3n) is 17.8. The minimum Gasteiger partial charge on any atom is -0.0622 e. The van der Waals surface area contributed by atoms with Gasteiger partial charge in [0.25, 0.3) is 0 Å². The lowest BCUT2D eigenvalue weighted by molar-refractivity contribution is 0.590. The van der Waals surface area contributed by atoms with Crippen LogP contribution >= 0.6 is 0 Å². The Bertz CT molecular complexity index is 3210. The summed E-state index contributed by atoms with van der Waals surface area (Å²) in [6, 6.07) is 65.5. The smallest absolute Gasteiger partial charge is 0.0146 e. The molecule has 73 heavy (non-hydrogen) atoms. The predicted octanol–water partition coefficient (Wildman–Crippen LogP) is 19.9. The molecule has 0 aliphatic carbocycles. The van der Waals surface area contributed by atoms with E-state index in [-0.39, 0.29) is 45.8 Å². The molecule has 0 radical (unpaired) electrons. The fourth-order valence-electron chi connectivity index (χ4n) is 11.8. The Morgan fingerprint density at radius 2 is 0.589 bits per heavy atom. The fourth-order valence-corrected chi connectivity index (χ4v) is 11.8. The first kappa shape index (κ1) is 53.1. The van der Waals surface area contributed by atoms with Crippen molar-refractivity contribution in [2.45, 2.75) is 164 Å². The van der Waals surface area contributed by atoms with Crippen LogP contribution in [0.5, 0.6) is 0 Å². The van der Waals surface area contributed by atoms with Crippen LogP contribution in [0.4, 0.5) is 0 Å². The second-order valence-corrected chi connectivity index (χ2v) is 24.2. The average Bonchev–Trinajstić information content (AvgIpc) is 3.38. The predicted molar refractivity (Wildman–Crippen MR) is 316 cm³/mol. The SMILES string of the molecule is Cc1ccc(C(C)(C)c2cc(C(C)c3ccccc3)c(C)c(C(C)c3cccc(C(C)c4cc(C(C)(C)c5ccc(C)c(C(C)c6ccc(C(C)(C)C)cc6)c5)cc(C(C)c5ccccc5)c4C)c3)c2)cc1C. The largest absolute Gasteiger partial charge is 0.0622 e. The molecule has 0 bridgehead atoms. The van der Waals surface area contributed by atoms with Crippen molar-refractivity contribution in [3.63, 3.8) is 0 Å². The molecule has 0 heterocycles. The molecule has 0 amide bonds. The Balaban J connectivity index is 1.21. The first-order chi connectivity index (χ1) is 34.5. The van der Waals surface area contributed by atoms with E-state index < -0.39 is 0 Å². The highest BCUT2D eigenvalue weighted by Gasteiger charge is 2.31. The zero-order valence-corrected chi connectivity index (χ0v) is 47.6. The summed E-state index contributed by atoms with van der Waals surface area (Å²) in [5, 5.41) is 0. The molecule has 5 atom stereocenters. The van der Waals surface area contributed by atoms with Crippen molar-refractivity contribution >= 4 is 0 Å². The second-order valence-electron chi connectivity index (χ2n) is 24.2. The highest BCUT2D eigenvalue weighted by atomic mass is 14.4. The van der Waals surface area contributed by atoms with Crippen LogP contribution < -0.4 is 0 Å². The maximum Gasteiger partial charge on any atom is 0.0146 e. The van der Waals surface area contributed by atoms with E-state index in [4.69, 9.17) is 0 Å². The lowest BCUT2D eigenvalue weighted by atomic mass is 9.72. The third kappa shape index (κ3) is 10.7. The van der Waals surface area contributed by atoms with Crippen LogP contribution in [-0.4, -0.2) is 0 Å². The molecular formula is C73H84. The minimum absolute atomic E-state index is 0.126. The van der Waals surface area contributed by atoms with Gasteiger partial charge in [0, 0.05) is 40.4 Å². The van der Waals surface area contributed by atoms with Crippen LogP contribution in [0.2, 0.25) is 0 Å². The summed E-state index contributed by atoms with van der Waals surface area (Å²) in [7, 11) is 0. The number of aryl methyl sites for hydroxylation is 3. The van der Waals surface area contributed by atoms with Crippen LogP contribution in [0.15, 0.2) is 170 Å². The van der Waals surface area contributed by atoms with E-state index in [2.05, 4.69) is 288 Å². The molecule has 8 rings (SSSR count). The van der Waals surface area contributed by atoms with Crippen LogP contribution in [-0.2, 0) is 16.2 Å².